The minimum Gasteiger partial charge on any atom is -0.362 e. The van der Waals surface area contributed by atoms with Crippen molar-refractivity contribution in [3.8, 4) is 0 Å². The van der Waals surface area contributed by atoms with Gasteiger partial charge in [0.05, 0.1) is 20.9 Å². The van der Waals surface area contributed by atoms with E-state index in [-0.39, 0.29) is 0 Å². The van der Waals surface area contributed by atoms with Crippen LogP contribution in [-0.2, 0) is 6.54 Å². The van der Waals surface area contributed by atoms with Gasteiger partial charge in [0.15, 0.2) is 5.11 Å². The molecule has 8 heteroatoms. The molecule has 1 heterocycles. The topological polar surface area (TPSA) is 41.9 Å². The lowest BCUT2D eigenvalue weighted by atomic mass is 10.3. The summed E-state index contributed by atoms with van der Waals surface area (Å²) in [6.45, 7) is 5.61. The van der Waals surface area contributed by atoms with Crippen molar-refractivity contribution in [2.24, 2.45) is 0 Å². The van der Waals surface area contributed by atoms with Crippen LogP contribution in [0.5, 0.6) is 0 Å². The Labute approximate surface area is 159 Å². The van der Waals surface area contributed by atoms with Crippen LogP contribution in [0.25, 0.3) is 0 Å². The zero-order valence-corrected chi connectivity index (χ0v) is 16.7. The number of hydrogen-bond acceptors (Lipinski definition) is 2. The van der Waals surface area contributed by atoms with Gasteiger partial charge in [-0.25, -0.2) is 0 Å². The highest BCUT2D eigenvalue weighted by Gasteiger charge is 2.08. The lowest BCUT2D eigenvalue weighted by molar-refractivity contribution is 0.558. The van der Waals surface area contributed by atoms with Gasteiger partial charge in [0.25, 0.3) is 0 Å². The third-order valence-corrected chi connectivity index (χ3v) is 5.25. The third-order valence-electron chi connectivity index (χ3n) is 3.30. The minimum atomic E-state index is 0.531. The zero-order valence-electron chi connectivity index (χ0n) is 12.8. The second-order valence-electron chi connectivity index (χ2n) is 5.07. The summed E-state index contributed by atoms with van der Waals surface area (Å²) >= 11 is 20.8. The smallest absolute Gasteiger partial charge is 0.170 e. The maximum atomic E-state index is 6.10. The Balaban J connectivity index is 1.77. The van der Waals surface area contributed by atoms with E-state index in [0.29, 0.717) is 15.2 Å². The molecule has 0 unspecified atom stereocenters. The van der Waals surface area contributed by atoms with E-state index in [1.54, 1.807) is 18.2 Å². The molecule has 2 aromatic rings. The molecule has 0 bridgehead atoms. The van der Waals surface area contributed by atoms with Crippen LogP contribution in [0.1, 0.15) is 17.8 Å². The fourth-order valence-electron chi connectivity index (χ4n) is 2.08. The molecule has 0 amide bonds. The Morgan fingerprint density at radius 1 is 1.35 bits per heavy atom. The summed E-state index contributed by atoms with van der Waals surface area (Å²) in [4.78, 5) is 0. The summed E-state index contributed by atoms with van der Waals surface area (Å²) in [6, 6.07) is 5.24. The van der Waals surface area contributed by atoms with Gasteiger partial charge in [-0.3, -0.25) is 4.68 Å². The Morgan fingerprint density at radius 3 is 2.70 bits per heavy atom. The number of benzene rings is 1. The highest BCUT2D eigenvalue weighted by Crippen LogP contribution is 2.25. The molecule has 0 atom stereocenters. The lowest BCUT2D eigenvalue weighted by Gasteiger charge is -2.12. The molecule has 2 N–H and O–H groups in total. The fraction of sp³-hybridized carbons (Fsp3) is 0.333. The molecule has 1 aromatic heterocycles. The summed E-state index contributed by atoms with van der Waals surface area (Å²) < 4.78 is 3.06. The molecule has 0 fully saturated rings. The van der Waals surface area contributed by atoms with Crippen LogP contribution in [0.4, 0.5) is 5.69 Å². The van der Waals surface area contributed by atoms with Gasteiger partial charge in [0, 0.05) is 23.8 Å². The van der Waals surface area contributed by atoms with Crippen LogP contribution >= 0.6 is 51.3 Å². The van der Waals surface area contributed by atoms with Gasteiger partial charge in [-0.15, -0.1) is 0 Å². The lowest BCUT2D eigenvalue weighted by Crippen LogP contribution is -2.30. The molecule has 23 heavy (non-hydrogen) atoms. The standard InChI is InChI=1S/C15H17BrCl2N4S/c1-9-14(16)10(2)22(21-9)7-3-6-19-15(23)20-13-5-4-11(17)8-12(13)18/h4-5,8H,3,6-7H2,1-2H3,(H2,19,20,23). The number of thiocarbonyl (C=S) groups is 1. The molecule has 0 saturated carbocycles. The molecule has 0 radical (unpaired) electrons. The van der Waals surface area contributed by atoms with Gasteiger partial charge in [-0.2, -0.15) is 5.10 Å². The highest BCUT2D eigenvalue weighted by atomic mass is 79.9. The van der Waals surface area contributed by atoms with Crippen molar-refractivity contribution < 1.29 is 0 Å². The molecular weight excluding hydrogens is 419 g/mol. The van der Waals surface area contributed by atoms with E-state index in [1.165, 1.54) is 0 Å². The van der Waals surface area contributed by atoms with Crippen LogP contribution in [0, 0.1) is 13.8 Å². The highest BCUT2D eigenvalue weighted by molar-refractivity contribution is 9.10. The van der Waals surface area contributed by atoms with Crippen molar-refractivity contribution in [2.75, 3.05) is 11.9 Å². The second kappa shape index (κ2) is 8.33. The fourth-order valence-corrected chi connectivity index (χ4v) is 3.03. The second-order valence-corrected chi connectivity index (χ2v) is 7.11. The Morgan fingerprint density at radius 2 is 2.09 bits per heavy atom. The molecular formula is C15H17BrCl2N4S. The Hall–Kier alpha value is -0.820. The molecule has 124 valence electrons. The van der Waals surface area contributed by atoms with E-state index in [2.05, 4.69) is 31.7 Å². The number of aryl methyl sites for hydroxylation is 2. The first-order valence-corrected chi connectivity index (χ1v) is 9.03. The van der Waals surface area contributed by atoms with E-state index in [1.807, 2.05) is 18.5 Å². The summed E-state index contributed by atoms with van der Waals surface area (Å²) in [7, 11) is 0. The van der Waals surface area contributed by atoms with Crippen LogP contribution in [0.2, 0.25) is 10.0 Å². The SMILES string of the molecule is Cc1nn(CCCNC(=S)Nc2ccc(Cl)cc2Cl)c(C)c1Br. The van der Waals surface area contributed by atoms with Crippen molar-refractivity contribution in [3.05, 3.63) is 44.1 Å². The number of nitrogens with zero attached hydrogens (tertiary/aromatic N) is 2. The van der Waals surface area contributed by atoms with E-state index < -0.39 is 0 Å². The van der Waals surface area contributed by atoms with Crippen molar-refractivity contribution in [1.29, 1.82) is 0 Å². The number of anilines is 1. The van der Waals surface area contributed by atoms with Crippen LogP contribution < -0.4 is 10.6 Å². The molecule has 0 aliphatic heterocycles. The molecule has 0 saturated heterocycles. The van der Waals surface area contributed by atoms with Gasteiger partial charge in [-0.1, -0.05) is 23.2 Å². The number of aromatic nitrogens is 2. The normalized spacial score (nSPS) is 10.7. The van der Waals surface area contributed by atoms with Gasteiger partial charge >= 0.3 is 0 Å². The van der Waals surface area contributed by atoms with E-state index >= 15 is 0 Å². The van der Waals surface area contributed by atoms with Crippen molar-refractivity contribution in [2.45, 2.75) is 26.8 Å². The summed E-state index contributed by atoms with van der Waals surface area (Å²) in [6.07, 6.45) is 0.907. The molecule has 2 rings (SSSR count). The maximum absolute atomic E-state index is 6.10. The number of nitrogens with one attached hydrogen (secondary N) is 2. The first-order chi connectivity index (χ1) is 10.9. The van der Waals surface area contributed by atoms with Crippen LogP contribution in [-0.4, -0.2) is 21.4 Å². The van der Waals surface area contributed by atoms with E-state index in [9.17, 15) is 0 Å². The van der Waals surface area contributed by atoms with E-state index in [0.717, 1.165) is 41.1 Å². The van der Waals surface area contributed by atoms with Crippen LogP contribution in [0.3, 0.4) is 0 Å². The zero-order chi connectivity index (χ0) is 17.0. The van der Waals surface area contributed by atoms with Crippen molar-refractivity contribution >= 4 is 62.1 Å². The number of rotatable bonds is 5. The van der Waals surface area contributed by atoms with Crippen molar-refractivity contribution in [1.82, 2.24) is 15.1 Å². The van der Waals surface area contributed by atoms with Crippen molar-refractivity contribution in [3.63, 3.8) is 0 Å². The van der Waals surface area contributed by atoms with Gasteiger partial charge in [0.1, 0.15) is 0 Å². The van der Waals surface area contributed by atoms with Gasteiger partial charge < -0.3 is 10.6 Å². The summed E-state index contributed by atoms with van der Waals surface area (Å²) in [5.41, 5.74) is 2.87. The number of halogens is 3. The molecule has 0 aliphatic rings. The molecule has 0 aliphatic carbocycles. The Kier molecular flexibility index (Phi) is 6.71. The average Bonchev–Trinajstić information content (AvgIpc) is 2.74. The quantitative estimate of drug-likeness (QED) is 0.515. The molecule has 0 spiro atoms. The predicted octanol–water partition coefficient (Wildman–Crippen LogP) is 4.95. The first-order valence-electron chi connectivity index (χ1n) is 7.08. The Bertz CT molecular complexity index is 718. The monoisotopic (exact) mass is 434 g/mol. The minimum absolute atomic E-state index is 0.531. The maximum Gasteiger partial charge on any atom is 0.170 e. The third kappa shape index (κ3) is 5.08. The largest absolute Gasteiger partial charge is 0.362 e. The van der Waals surface area contributed by atoms with E-state index in [4.69, 9.17) is 35.4 Å². The number of hydrogen-bond donors (Lipinski definition) is 2. The molecule has 1 aromatic carbocycles. The summed E-state index contributed by atoms with van der Waals surface area (Å²) in [5, 5.41) is 12.4. The van der Waals surface area contributed by atoms with Crippen LogP contribution in [0.15, 0.2) is 22.7 Å². The van der Waals surface area contributed by atoms with Gasteiger partial charge in [-0.05, 0) is 66.6 Å². The summed E-state index contributed by atoms with van der Waals surface area (Å²) in [5.74, 6) is 0. The molecule has 4 nitrogen and oxygen atoms in total. The first kappa shape index (κ1) is 18.5. The van der Waals surface area contributed by atoms with Gasteiger partial charge in [0.2, 0.25) is 0 Å². The average molecular weight is 436 g/mol. The predicted molar refractivity (Wildman–Crippen MR) is 105 cm³/mol.